The van der Waals surface area contributed by atoms with Crippen molar-refractivity contribution in [1.29, 1.82) is 0 Å². The number of rotatable bonds is 5. The highest BCUT2D eigenvalue weighted by Crippen LogP contribution is 2.33. The molecule has 1 saturated carbocycles. The van der Waals surface area contributed by atoms with Crippen LogP contribution in [-0.2, 0) is 4.79 Å². The van der Waals surface area contributed by atoms with Gasteiger partial charge in [-0.3, -0.25) is 4.79 Å². The summed E-state index contributed by atoms with van der Waals surface area (Å²) in [5, 5.41) is 19.2. The molecule has 16 heavy (non-hydrogen) atoms. The number of carbonyl (C=O) groups is 1. The van der Waals surface area contributed by atoms with Crippen LogP contribution in [0, 0.1) is 11.8 Å². The molecule has 0 amide bonds. The first-order valence-corrected chi connectivity index (χ1v) is 5.78. The maximum Gasteiger partial charge on any atom is 0.139 e. The number of allylic oxidation sites excluding steroid dienone is 1. The summed E-state index contributed by atoms with van der Waals surface area (Å²) in [6.45, 7) is 5.50. The van der Waals surface area contributed by atoms with Gasteiger partial charge in [0.25, 0.3) is 0 Å². The van der Waals surface area contributed by atoms with E-state index < -0.39 is 12.2 Å². The lowest BCUT2D eigenvalue weighted by Crippen LogP contribution is -2.18. The molecule has 0 aromatic rings. The Morgan fingerprint density at radius 2 is 2.31 bits per heavy atom. The topological polar surface area (TPSA) is 57.5 Å². The van der Waals surface area contributed by atoms with Crippen molar-refractivity contribution in [2.24, 2.45) is 11.8 Å². The molecule has 1 fully saturated rings. The minimum absolute atomic E-state index is 0.0908. The normalized spacial score (nSPS) is 32.2. The van der Waals surface area contributed by atoms with Crippen LogP contribution in [0.25, 0.3) is 0 Å². The summed E-state index contributed by atoms with van der Waals surface area (Å²) < 4.78 is 0. The number of ketones is 1. The van der Waals surface area contributed by atoms with Gasteiger partial charge in [0.2, 0.25) is 0 Å². The minimum Gasteiger partial charge on any atom is -0.392 e. The van der Waals surface area contributed by atoms with Crippen molar-refractivity contribution in [2.75, 3.05) is 0 Å². The quantitative estimate of drug-likeness (QED) is 0.695. The summed E-state index contributed by atoms with van der Waals surface area (Å²) in [6.07, 6.45) is 5.49. The molecule has 3 nitrogen and oxygen atoms in total. The molecular formula is C13H20O3. The zero-order valence-corrected chi connectivity index (χ0v) is 9.67. The molecule has 0 aromatic heterocycles. The molecule has 0 bridgehead atoms. The van der Waals surface area contributed by atoms with Crippen LogP contribution in [0.3, 0.4) is 0 Å². The molecule has 90 valence electrons. The van der Waals surface area contributed by atoms with Gasteiger partial charge in [-0.1, -0.05) is 25.2 Å². The molecule has 0 spiro atoms. The van der Waals surface area contributed by atoms with E-state index in [0.717, 1.165) is 0 Å². The van der Waals surface area contributed by atoms with E-state index in [1.165, 1.54) is 0 Å². The maximum atomic E-state index is 11.6. The highest BCUT2D eigenvalue weighted by Gasteiger charge is 2.38. The van der Waals surface area contributed by atoms with Gasteiger partial charge in [-0.2, -0.15) is 0 Å². The number of carbonyl (C=O) groups excluding carboxylic acids is 1. The minimum atomic E-state index is -0.613. The van der Waals surface area contributed by atoms with Crippen LogP contribution < -0.4 is 0 Å². The van der Waals surface area contributed by atoms with Crippen LogP contribution in [0.2, 0.25) is 0 Å². The maximum absolute atomic E-state index is 11.6. The Morgan fingerprint density at radius 3 is 2.88 bits per heavy atom. The van der Waals surface area contributed by atoms with E-state index in [1.54, 1.807) is 18.2 Å². The average Bonchev–Trinajstić information content (AvgIpc) is 2.52. The third-order valence-electron chi connectivity index (χ3n) is 3.13. The molecule has 2 N–H and O–H groups in total. The van der Waals surface area contributed by atoms with Crippen LogP contribution in [0.1, 0.15) is 26.2 Å². The first-order chi connectivity index (χ1) is 7.60. The monoisotopic (exact) mass is 224 g/mol. The first kappa shape index (κ1) is 13.1. The zero-order chi connectivity index (χ0) is 12.1. The van der Waals surface area contributed by atoms with Gasteiger partial charge >= 0.3 is 0 Å². The van der Waals surface area contributed by atoms with Crippen LogP contribution in [-0.4, -0.2) is 28.2 Å². The Hall–Kier alpha value is -0.930. The smallest absolute Gasteiger partial charge is 0.139 e. The summed E-state index contributed by atoms with van der Waals surface area (Å²) in [5.41, 5.74) is 0. The molecular weight excluding hydrogens is 204 g/mol. The Balaban J connectivity index is 2.71. The van der Waals surface area contributed by atoms with E-state index in [1.807, 2.05) is 6.92 Å². The average molecular weight is 224 g/mol. The molecule has 4 atom stereocenters. The highest BCUT2D eigenvalue weighted by atomic mass is 16.3. The molecule has 1 aliphatic rings. The molecule has 0 unspecified atom stereocenters. The largest absolute Gasteiger partial charge is 0.392 e. The van der Waals surface area contributed by atoms with Crippen molar-refractivity contribution < 1.29 is 15.0 Å². The molecule has 0 aromatic carbocycles. The Labute approximate surface area is 96.5 Å². The third-order valence-corrected chi connectivity index (χ3v) is 3.13. The molecule has 0 heterocycles. The molecule has 0 aliphatic heterocycles. The van der Waals surface area contributed by atoms with Gasteiger partial charge in [-0.25, -0.2) is 0 Å². The lowest BCUT2D eigenvalue weighted by Gasteiger charge is -2.16. The van der Waals surface area contributed by atoms with E-state index in [4.69, 9.17) is 0 Å². The molecule has 1 aliphatic carbocycles. The Kier molecular flexibility index (Phi) is 4.90. The lowest BCUT2D eigenvalue weighted by atomic mass is 9.90. The molecule has 0 radical (unpaired) electrons. The van der Waals surface area contributed by atoms with E-state index in [0.29, 0.717) is 12.8 Å². The van der Waals surface area contributed by atoms with E-state index in [2.05, 4.69) is 6.58 Å². The van der Waals surface area contributed by atoms with Crippen molar-refractivity contribution in [2.45, 2.75) is 38.4 Å². The standard InChI is InChI=1S/C13H20O3/c1-3-5-10-11(7-6-9(14)4-2)13(16)8-12(10)15/h3,6-7,9-11,13-14,16H,1,4-5,8H2,2H3/b7-6+/t9-,10+,11+,13+/m0/s1. The number of aliphatic hydroxyl groups is 2. The van der Waals surface area contributed by atoms with E-state index in [-0.39, 0.29) is 24.0 Å². The second kappa shape index (κ2) is 5.97. The summed E-state index contributed by atoms with van der Waals surface area (Å²) in [4.78, 5) is 11.6. The van der Waals surface area contributed by atoms with Crippen molar-refractivity contribution in [1.82, 2.24) is 0 Å². The predicted molar refractivity (Wildman–Crippen MR) is 62.9 cm³/mol. The van der Waals surface area contributed by atoms with Gasteiger partial charge < -0.3 is 10.2 Å². The lowest BCUT2D eigenvalue weighted by molar-refractivity contribution is -0.121. The molecule has 1 rings (SSSR count). The van der Waals surface area contributed by atoms with Gasteiger partial charge in [-0.15, -0.1) is 6.58 Å². The first-order valence-electron chi connectivity index (χ1n) is 5.78. The van der Waals surface area contributed by atoms with Crippen molar-refractivity contribution in [3.63, 3.8) is 0 Å². The number of Topliss-reactive ketones (excluding diaryl/α,β-unsaturated/α-hetero) is 1. The second-order valence-electron chi connectivity index (χ2n) is 4.31. The van der Waals surface area contributed by atoms with Crippen LogP contribution in [0.15, 0.2) is 24.8 Å². The summed E-state index contributed by atoms with van der Waals surface area (Å²) in [6, 6.07) is 0. The fourth-order valence-corrected chi connectivity index (χ4v) is 2.10. The summed E-state index contributed by atoms with van der Waals surface area (Å²) in [5.74, 6) is -0.257. The van der Waals surface area contributed by atoms with Crippen LogP contribution in [0.5, 0.6) is 0 Å². The Morgan fingerprint density at radius 1 is 1.62 bits per heavy atom. The van der Waals surface area contributed by atoms with E-state index in [9.17, 15) is 15.0 Å². The number of hydrogen-bond acceptors (Lipinski definition) is 3. The summed E-state index contributed by atoms with van der Waals surface area (Å²) in [7, 11) is 0. The molecule has 3 heteroatoms. The van der Waals surface area contributed by atoms with Gasteiger partial charge in [-0.05, 0) is 12.8 Å². The third kappa shape index (κ3) is 3.03. The van der Waals surface area contributed by atoms with Crippen LogP contribution >= 0.6 is 0 Å². The predicted octanol–water partition coefficient (Wildman–Crippen LogP) is 1.46. The van der Waals surface area contributed by atoms with Gasteiger partial charge in [0, 0.05) is 18.3 Å². The molecule has 0 saturated heterocycles. The van der Waals surface area contributed by atoms with Gasteiger partial charge in [0.05, 0.1) is 12.2 Å². The van der Waals surface area contributed by atoms with E-state index >= 15 is 0 Å². The van der Waals surface area contributed by atoms with Gasteiger partial charge in [0.15, 0.2) is 0 Å². The number of aliphatic hydroxyl groups excluding tert-OH is 2. The number of hydrogen-bond donors (Lipinski definition) is 2. The van der Waals surface area contributed by atoms with Crippen molar-refractivity contribution in [3.05, 3.63) is 24.8 Å². The van der Waals surface area contributed by atoms with Crippen molar-refractivity contribution in [3.8, 4) is 0 Å². The van der Waals surface area contributed by atoms with Crippen molar-refractivity contribution >= 4 is 5.78 Å². The second-order valence-corrected chi connectivity index (χ2v) is 4.31. The van der Waals surface area contributed by atoms with Gasteiger partial charge in [0.1, 0.15) is 5.78 Å². The SMILES string of the molecule is C=CC[C@H]1C(=O)C[C@@H](O)[C@@H]1/C=C/[C@@H](O)CC. The highest BCUT2D eigenvalue weighted by molar-refractivity contribution is 5.84. The Bertz CT molecular complexity index is 283. The van der Waals surface area contributed by atoms with Crippen LogP contribution in [0.4, 0.5) is 0 Å². The summed E-state index contributed by atoms with van der Waals surface area (Å²) >= 11 is 0. The zero-order valence-electron chi connectivity index (χ0n) is 9.67. The fourth-order valence-electron chi connectivity index (χ4n) is 2.10. The fraction of sp³-hybridized carbons (Fsp3) is 0.615.